The van der Waals surface area contributed by atoms with Crippen molar-refractivity contribution in [1.82, 2.24) is 0 Å². The third-order valence-electron chi connectivity index (χ3n) is 4.04. The fraction of sp³-hybridized carbons (Fsp3) is 0.647. The smallest absolute Gasteiger partial charge is 0.0725 e. The van der Waals surface area contributed by atoms with Gasteiger partial charge in [-0.1, -0.05) is 56.0 Å². The summed E-state index contributed by atoms with van der Waals surface area (Å²) in [5.74, 6) is 0. The molecule has 2 nitrogen and oxygen atoms in total. The van der Waals surface area contributed by atoms with E-state index in [4.69, 9.17) is 10.5 Å². The highest BCUT2D eigenvalue weighted by molar-refractivity contribution is 5.14. The van der Waals surface area contributed by atoms with Gasteiger partial charge in [0, 0.05) is 12.6 Å². The minimum absolute atomic E-state index is 0.247. The summed E-state index contributed by atoms with van der Waals surface area (Å²) in [5.41, 5.74) is 7.61. The van der Waals surface area contributed by atoms with Crippen LogP contribution in [0.4, 0.5) is 0 Å². The molecule has 2 atom stereocenters. The van der Waals surface area contributed by atoms with Crippen molar-refractivity contribution in [1.29, 1.82) is 0 Å². The van der Waals surface area contributed by atoms with Crippen molar-refractivity contribution < 1.29 is 4.74 Å². The van der Waals surface area contributed by atoms with E-state index in [0.29, 0.717) is 0 Å². The third-order valence-corrected chi connectivity index (χ3v) is 4.04. The van der Waals surface area contributed by atoms with Gasteiger partial charge in [0.1, 0.15) is 0 Å². The van der Waals surface area contributed by atoms with Crippen LogP contribution in [0.1, 0.15) is 50.5 Å². The molecular formula is C17H27NO. The Bertz CT molecular complexity index is 338. The third kappa shape index (κ3) is 5.33. The zero-order chi connectivity index (χ0) is 13.3. The molecule has 19 heavy (non-hydrogen) atoms. The van der Waals surface area contributed by atoms with Crippen LogP contribution in [-0.2, 0) is 11.2 Å². The van der Waals surface area contributed by atoms with Gasteiger partial charge < -0.3 is 10.5 Å². The summed E-state index contributed by atoms with van der Waals surface area (Å²) in [4.78, 5) is 0. The molecule has 0 heterocycles. The Morgan fingerprint density at radius 1 is 1.00 bits per heavy atom. The van der Waals surface area contributed by atoms with E-state index >= 15 is 0 Å². The summed E-state index contributed by atoms with van der Waals surface area (Å²) in [6.45, 7) is 0.841. The molecule has 2 N–H and O–H groups in total. The lowest BCUT2D eigenvalue weighted by molar-refractivity contribution is 0.0218. The van der Waals surface area contributed by atoms with Gasteiger partial charge in [0.05, 0.1) is 6.10 Å². The standard InChI is InChI=1S/C17H27NO/c18-16-12-6-1-2-7-13-17(16)19-14-8-11-15-9-4-3-5-10-15/h3-5,9-10,16-17H,1-2,6-8,11-14,18H2. The molecule has 0 aromatic heterocycles. The van der Waals surface area contributed by atoms with Crippen molar-refractivity contribution in [3.05, 3.63) is 35.9 Å². The van der Waals surface area contributed by atoms with Crippen LogP contribution in [0.25, 0.3) is 0 Å². The van der Waals surface area contributed by atoms with E-state index in [9.17, 15) is 0 Å². The maximum atomic E-state index is 6.22. The summed E-state index contributed by atoms with van der Waals surface area (Å²) in [5, 5.41) is 0. The van der Waals surface area contributed by atoms with Crippen LogP contribution in [0.5, 0.6) is 0 Å². The second kappa shape index (κ2) is 8.34. The van der Waals surface area contributed by atoms with E-state index < -0.39 is 0 Å². The molecule has 1 aliphatic rings. The molecule has 1 aromatic rings. The number of benzene rings is 1. The van der Waals surface area contributed by atoms with E-state index in [0.717, 1.165) is 32.3 Å². The van der Waals surface area contributed by atoms with Crippen LogP contribution in [0, 0.1) is 0 Å². The molecule has 2 unspecified atom stereocenters. The van der Waals surface area contributed by atoms with Crippen LogP contribution < -0.4 is 5.73 Å². The van der Waals surface area contributed by atoms with Gasteiger partial charge in [-0.15, -0.1) is 0 Å². The lowest BCUT2D eigenvalue weighted by Crippen LogP contribution is -2.37. The fourth-order valence-electron chi connectivity index (χ4n) is 2.84. The molecule has 0 aliphatic heterocycles. The average Bonchev–Trinajstić information content (AvgIpc) is 2.43. The Morgan fingerprint density at radius 2 is 1.74 bits per heavy atom. The average molecular weight is 261 g/mol. The molecule has 1 aliphatic carbocycles. The quantitative estimate of drug-likeness (QED) is 0.821. The topological polar surface area (TPSA) is 35.2 Å². The summed E-state index contributed by atoms with van der Waals surface area (Å²) >= 11 is 0. The normalized spacial score (nSPS) is 24.7. The molecular weight excluding hydrogens is 234 g/mol. The minimum atomic E-state index is 0.247. The Labute approximate surface area is 117 Å². The fourth-order valence-corrected chi connectivity index (χ4v) is 2.84. The lowest BCUT2D eigenvalue weighted by Gasteiger charge is -2.26. The Morgan fingerprint density at radius 3 is 2.53 bits per heavy atom. The number of aryl methyl sites for hydroxylation is 1. The van der Waals surface area contributed by atoms with Crippen molar-refractivity contribution in [3.8, 4) is 0 Å². The predicted molar refractivity (Wildman–Crippen MR) is 80.2 cm³/mol. The Kier molecular flexibility index (Phi) is 6.38. The van der Waals surface area contributed by atoms with Gasteiger partial charge in [0.15, 0.2) is 0 Å². The maximum Gasteiger partial charge on any atom is 0.0725 e. The molecule has 0 saturated heterocycles. The first-order valence-electron chi connectivity index (χ1n) is 7.77. The van der Waals surface area contributed by atoms with E-state index in [1.165, 1.54) is 31.2 Å². The van der Waals surface area contributed by atoms with E-state index in [2.05, 4.69) is 30.3 Å². The highest BCUT2D eigenvalue weighted by atomic mass is 16.5. The van der Waals surface area contributed by atoms with E-state index in [1.54, 1.807) is 0 Å². The van der Waals surface area contributed by atoms with Crippen molar-refractivity contribution in [3.63, 3.8) is 0 Å². The number of ether oxygens (including phenoxy) is 1. The second-order valence-electron chi connectivity index (χ2n) is 5.65. The maximum absolute atomic E-state index is 6.22. The van der Waals surface area contributed by atoms with E-state index in [-0.39, 0.29) is 12.1 Å². The molecule has 0 radical (unpaired) electrons. The summed E-state index contributed by atoms with van der Waals surface area (Å²) < 4.78 is 6.03. The Balaban J connectivity index is 1.66. The summed E-state index contributed by atoms with van der Waals surface area (Å²) in [6, 6.07) is 10.9. The lowest BCUT2D eigenvalue weighted by atomic mass is 9.95. The van der Waals surface area contributed by atoms with Gasteiger partial charge in [-0.25, -0.2) is 0 Å². The molecule has 2 rings (SSSR count). The monoisotopic (exact) mass is 261 g/mol. The van der Waals surface area contributed by atoms with E-state index in [1.807, 2.05) is 0 Å². The summed E-state index contributed by atoms with van der Waals surface area (Å²) in [7, 11) is 0. The van der Waals surface area contributed by atoms with Crippen LogP contribution in [-0.4, -0.2) is 18.8 Å². The molecule has 1 fully saturated rings. The van der Waals surface area contributed by atoms with Crippen LogP contribution in [0.2, 0.25) is 0 Å². The SMILES string of the molecule is NC1CCCCCCC1OCCCc1ccccc1. The van der Waals surface area contributed by atoms with Crippen molar-refractivity contribution in [2.45, 2.75) is 63.5 Å². The zero-order valence-electron chi connectivity index (χ0n) is 11.9. The first-order valence-corrected chi connectivity index (χ1v) is 7.77. The van der Waals surface area contributed by atoms with Crippen LogP contribution >= 0.6 is 0 Å². The van der Waals surface area contributed by atoms with Crippen LogP contribution in [0.3, 0.4) is 0 Å². The molecule has 0 amide bonds. The van der Waals surface area contributed by atoms with Gasteiger partial charge in [0.2, 0.25) is 0 Å². The number of hydrogen-bond donors (Lipinski definition) is 1. The molecule has 0 bridgehead atoms. The summed E-state index contributed by atoms with van der Waals surface area (Å²) in [6.07, 6.45) is 9.98. The molecule has 0 spiro atoms. The molecule has 1 aromatic carbocycles. The molecule has 1 saturated carbocycles. The van der Waals surface area contributed by atoms with Gasteiger partial charge in [-0.2, -0.15) is 0 Å². The van der Waals surface area contributed by atoms with Gasteiger partial charge >= 0.3 is 0 Å². The predicted octanol–water partition coefficient (Wildman–Crippen LogP) is 3.69. The van der Waals surface area contributed by atoms with Crippen molar-refractivity contribution >= 4 is 0 Å². The first-order chi connectivity index (χ1) is 9.36. The highest BCUT2D eigenvalue weighted by Crippen LogP contribution is 2.19. The number of rotatable bonds is 5. The van der Waals surface area contributed by atoms with Crippen molar-refractivity contribution in [2.24, 2.45) is 5.73 Å². The minimum Gasteiger partial charge on any atom is -0.377 e. The second-order valence-corrected chi connectivity index (χ2v) is 5.65. The van der Waals surface area contributed by atoms with Crippen LogP contribution in [0.15, 0.2) is 30.3 Å². The first kappa shape index (κ1) is 14.5. The highest BCUT2D eigenvalue weighted by Gasteiger charge is 2.19. The number of nitrogens with two attached hydrogens (primary N) is 1. The van der Waals surface area contributed by atoms with Crippen molar-refractivity contribution in [2.75, 3.05) is 6.61 Å². The molecule has 2 heteroatoms. The number of hydrogen-bond acceptors (Lipinski definition) is 2. The van der Waals surface area contributed by atoms with Gasteiger partial charge in [-0.3, -0.25) is 0 Å². The molecule has 106 valence electrons. The van der Waals surface area contributed by atoms with Gasteiger partial charge in [0.25, 0.3) is 0 Å². The van der Waals surface area contributed by atoms with Gasteiger partial charge in [-0.05, 0) is 31.2 Å². The largest absolute Gasteiger partial charge is 0.377 e. The Hall–Kier alpha value is -0.860. The zero-order valence-corrected chi connectivity index (χ0v) is 11.9.